The molecule has 4 heteroatoms. The van der Waals surface area contributed by atoms with Crippen LogP contribution in [0.5, 0.6) is 0 Å². The number of rotatable bonds is 3. The Morgan fingerprint density at radius 1 is 1.31 bits per heavy atom. The lowest BCUT2D eigenvalue weighted by atomic mass is 10.1. The minimum atomic E-state index is 0.381. The van der Waals surface area contributed by atoms with Crippen molar-refractivity contribution in [1.82, 2.24) is 9.97 Å². The fraction of sp³-hybridized carbons (Fsp3) is 0.556. The highest BCUT2D eigenvalue weighted by Crippen LogP contribution is 2.12. The highest BCUT2D eigenvalue weighted by Gasteiger charge is 2.07. The molecule has 0 fully saturated rings. The van der Waals surface area contributed by atoms with Crippen molar-refractivity contribution in [3.05, 3.63) is 17.5 Å². The SMILES string of the molecule is CC(C)C(C)Nc1cc(Cl)ncn1. The minimum Gasteiger partial charge on any atom is -0.367 e. The fourth-order valence-corrected chi connectivity index (χ4v) is 0.959. The molecule has 1 aromatic heterocycles. The van der Waals surface area contributed by atoms with Crippen LogP contribution < -0.4 is 5.32 Å². The maximum Gasteiger partial charge on any atom is 0.134 e. The number of hydrogen-bond acceptors (Lipinski definition) is 3. The Morgan fingerprint density at radius 2 is 2.00 bits per heavy atom. The summed E-state index contributed by atoms with van der Waals surface area (Å²) in [5.74, 6) is 1.34. The van der Waals surface area contributed by atoms with Crippen LogP contribution in [0.25, 0.3) is 0 Å². The second-order valence-corrected chi connectivity index (χ2v) is 3.79. The third-order valence-electron chi connectivity index (χ3n) is 2.01. The molecule has 0 aromatic carbocycles. The maximum absolute atomic E-state index is 5.72. The molecule has 0 amide bonds. The summed E-state index contributed by atoms with van der Waals surface area (Å²) in [5, 5.41) is 3.71. The van der Waals surface area contributed by atoms with E-state index in [9.17, 15) is 0 Å². The number of nitrogens with one attached hydrogen (secondary N) is 1. The van der Waals surface area contributed by atoms with E-state index in [1.165, 1.54) is 6.33 Å². The van der Waals surface area contributed by atoms with Crippen LogP contribution in [0.15, 0.2) is 12.4 Å². The zero-order chi connectivity index (χ0) is 9.84. The summed E-state index contributed by atoms with van der Waals surface area (Å²) < 4.78 is 0. The number of halogens is 1. The second-order valence-electron chi connectivity index (χ2n) is 3.40. The molecule has 1 heterocycles. The van der Waals surface area contributed by atoms with Crippen molar-refractivity contribution >= 4 is 17.4 Å². The maximum atomic E-state index is 5.72. The molecule has 1 atom stereocenters. The Bertz CT molecular complexity index is 275. The van der Waals surface area contributed by atoms with Crippen LogP contribution in [0, 0.1) is 5.92 Å². The monoisotopic (exact) mass is 199 g/mol. The van der Waals surface area contributed by atoms with E-state index in [-0.39, 0.29) is 0 Å². The van der Waals surface area contributed by atoms with Crippen LogP contribution in [-0.2, 0) is 0 Å². The molecule has 1 unspecified atom stereocenters. The highest BCUT2D eigenvalue weighted by molar-refractivity contribution is 6.29. The molecular formula is C9H14ClN3. The summed E-state index contributed by atoms with van der Waals surface area (Å²) in [6, 6.07) is 2.10. The van der Waals surface area contributed by atoms with Gasteiger partial charge in [-0.05, 0) is 12.8 Å². The summed E-state index contributed by atoms with van der Waals surface area (Å²) in [7, 11) is 0. The Morgan fingerprint density at radius 3 is 2.54 bits per heavy atom. The van der Waals surface area contributed by atoms with Crippen LogP contribution in [0.2, 0.25) is 5.15 Å². The van der Waals surface area contributed by atoms with Crippen molar-refractivity contribution < 1.29 is 0 Å². The van der Waals surface area contributed by atoms with Crippen LogP contribution in [0.3, 0.4) is 0 Å². The van der Waals surface area contributed by atoms with Crippen molar-refractivity contribution in [3.8, 4) is 0 Å². The first kappa shape index (κ1) is 10.3. The van der Waals surface area contributed by atoms with E-state index in [4.69, 9.17) is 11.6 Å². The standard InChI is InChI=1S/C9H14ClN3/c1-6(2)7(3)13-9-4-8(10)11-5-12-9/h4-7H,1-3H3,(H,11,12,13). The van der Waals surface area contributed by atoms with Gasteiger partial charge in [-0.3, -0.25) is 0 Å². The molecule has 0 spiro atoms. The average Bonchev–Trinajstić information content (AvgIpc) is 2.04. The van der Waals surface area contributed by atoms with E-state index >= 15 is 0 Å². The van der Waals surface area contributed by atoms with E-state index in [0.29, 0.717) is 17.1 Å². The normalized spacial score (nSPS) is 13.0. The first-order valence-electron chi connectivity index (χ1n) is 4.33. The van der Waals surface area contributed by atoms with Crippen molar-refractivity contribution in [2.24, 2.45) is 5.92 Å². The molecule has 0 aliphatic rings. The first-order chi connectivity index (χ1) is 6.09. The predicted molar refractivity (Wildman–Crippen MR) is 55.0 cm³/mol. The zero-order valence-corrected chi connectivity index (χ0v) is 8.84. The smallest absolute Gasteiger partial charge is 0.134 e. The lowest BCUT2D eigenvalue weighted by Gasteiger charge is -2.17. The summed E-state index contributed by atoms with van der Waals surface area (Å²) >= 11 is 5.72. The summed E-state index contributed by atoms with van der Waals surface area (Å²) in [5.41, 5.74) is 0. The molecule has 1 N–H and O–H groups in total. The third kappa shape index (κ3) is 3.19. The highest BCUT2D eigenvalue weighted by atomic mass is 35.5. The van der Waals surface area contributed by atoms with Crippen LogP contribution in [0.1, 0.15) is 20.8 Å². The molecule has 0 aliphatic heterocycles. The summed E-state index contributed by atoms with van der Waals surface area (Å²) in [6.07, 6.45) is 1.46. The van der Waals surface area contributed by atoms with E-state index in [1.54, 1.807) is 6.07 Å². The first-order valence-corrected chi connectivity index (χ1v) is 4.71. The molecular weight excluding hydrogens is 186 g/mol. The predicted octanol–water partition coefficient (Wildman–Crippen LogP) is 2.59. The van der Waals surface area contributed by atoms with Gasteiger partial charge in [0.1, 0.15) is 17.3 Å². The van der Waals surface area contributed by atoms with Gasteiger partial charge in [-0.15, -0.1) is 0 Å². The Kier molecular flexibility index (Phi) is 3.48. The fourth-order valence-electron chi connectivity index (χ4n) is 0.812. The molecule has 0 aliphatic carbocycles. The number of aromatic nitrogens is 2. The third-order valence-corrected chi connectivity index (χ3v) is 2.22. The number of nitrogens with zero attached hydrogens (tertiary/aromatic N) is 2. The van der Waals surface area contributed by atoms with Gasteiger partial charge in [0.2, 0.25) is 0 Å². The largest absolute Gasteiger partial charge is 0.367 e. The van der Waals surface area contributed by atoms with Crippen molar-refractivity contribution in [2.75, 3.05) is 5.32 Å². The molecule has 3 nitrogen and oxygen atoms in total. The van der Waals surface area contributed by atoms with Gasteiger partial charge in [0.25, 0.3) is 0 Å². The molecule has 13 heavy (non-hydrogen) atoms. The van der Waals surface area contributed by atoms with Gasteiger partial charge in [0, 0.05) is 12.1 Å². The van der Waals surface area contributed by atoms with E-state index < -0.39 is 0 Å². The van der Waals surface area contributed by atoms with Crippen molar-refractivity contribution in [3.63, 3.8) is 0 Å². The zero-order valence-electron chi connectivity index (χ0n) is 8.08. The van der Waals surface area contributed by atoms with E-state index in [0.717, 1.165) is 5.82 Å². The second kappa shape index (κ2) is 4.42. The van der Waals surface area contributed by atoms with Gasteiger partial charge in [-0.1, -0.05) is 25.4 Å². The van der Waals surface area contributed by atoms with E-state index in [1.807, 2.05) is 0 Å². The van der Waals surface area contributed by atoms with Gasteiger partial charge in [0.15, 0.2) is 0 Å². The Hall–Kier alpha value is -0.830. The summed E-state index contributed by atoms with van der Waals surface area (Å²) in [6.45, 7) is 6.42. The molecule has 0 radical (unpaired) electrons. The Labute approximate surface area is 83.5 Å². The topological polar surface area (TPSA) is 37.8 Å². The average molecular weight is 200 g/mol. The van der Waals surface area contributed by atoms with Gasteiger partial charge in [0.05, 0.1) is 0 Å². The Balaban J connectivity index is 2.64. The molecule has 0 saturated heterocycles. The van der Waals surface area contributed by atoms with Gasteiger partial charge in [-0.2, -0.15) is 0 Å². The minimum absolute atomic E-state index is 0.381. The van der Waals surface area contributed by atoms with Gasteiger partial charge in [-0.25, -0.2) is 9.97 Å². The van der Waals surface area contributed by atoms with Crippen molar-refractivity contribution in [2.45, 2.75) is 26.8 Å². The van der Waals surface area contributed by atoms with Crippen LogP contribution in [-0.4, -0.2) is 16.0 Å². The van der Waals surface area contributed by atoms with Gasteiger partial charge >= 0.3 is 0 Å². The molecule has 1 rings (SSSR count). The summed E-state index contributed by atoms with van der Waals surface area (Å²) in [4.78, 5) is 7.86. The molecule has 0 bridgehead atoms. The van der Waals surface area contributed by atoms with Gasteiger partial charge < -0.3 is 5.32 Å². The number of hydrogen-bond donors (Lipinski definition) is 1. The van der Waals surface area contributed by atoms with Crippen LogP contribution >= 0.6 is 11.6 Å². The lowest BCUT2D eigenvalue weighted by molar-refractivity contribution is 0.558. The molecule has 72 valence electrons. The molecule has 0 saturated carbocycles. The number of anilines is 1. The van der Waals surface area contributed by atoms with E-state index in [2.05, 4.69) is 36.1 Å². The van der Waals surface area contributed by atoms with Crippen LogP contribution in [0.4, 0.5) is 5.82 Å². The quantitative estimate of drug-likeness (QED) is 0.761. The molecule has 1 aromatic rings. The lowest BCUT2D eigenvalue weighted by Crippen LogP contribution is -2.22. The van der Waals surface area contributed by atoms with Crippen molar-refractivity contribution in [1.29, 1.82) is 0 Å².